The van der Waals surface area contributed by atoms with Crippen LogP contribution in [0.2, 0.25) is 0 Å². The third-order valence-corrected chi connectivity index (χ3v) is 4.53. The Labute approximate surface area is 195 Å². The molecule has 0 aliphatic carbocycles. The van der Waals surface area contributed by atoms with Crippen LogP contribution < -0.4 is 0 Å². The number of ether oxygens (including phenoxy) is 2. The molecule has 0 saturated heterocycles. The first-order valence-corrected chi connectivity index (χ1v) is 10.3. The Morgan fingerprint density at radius 2 is 1.21 bits per heavy atom. The molecule has 4 heterocycles. The van der Waals surface area contributed by atoms with Crippen molar-refractivity contribution in [2.24, 2.45) is 0 Å². The summed E-state index contributed by atoms with van der Waals surface area (Å²) < 4.78 is 20.8. The van der Waals surface area contributed by atoms with Crippen molar-refractivity contribution in [2.75, 3.05) is 0 Å². The minimum Gasteiger partial charge on any atom is -0.465 e. The highest BCUT2D eigenvalue weighted by Gasteiger charge is 2.07. The van der Waals surface area contributed by atoms with E-state index in [2.05, 4.69) is 9.97 Å². The van der Waals surface area contributed by atoms with E-state index < -0.39 is 11.9 Å². The number of rotatable bonds is 9. The molecule has 0 N–H and O–H groups in total. The van der Waals surface area contributed by atoms with E-state index in [0.717, 1.165) is 11.1 Å². The van der Waals surface area contributed by atoms with Crippen LogP contribution in [-0.2, 0) is 32.3 Å². The van der Waals surface area contributed by atoms with Crippen molar-refractivity contribution < 1.29 is 27.9 Å². The Bertz CT molecular complexity index is 1190. The topological polar surface area (TPSA) is 105 Å². The zero-order valence-corrected chi connectivity index (χ0v) is 18.0. The zero-order valence-electron chi connectivity index (χ0n) is 18.0. The van der Waals surface area contributed by atoms with Gasteiger partial charge in [0.05, 0.1) is 23.9 Å². The molecule has 8 heteroatoms. The van der Waals surface area contributed by atoms with Gasteiger partial charge in [-0.25, -0.2) is 9.59 Å². The summed E-state index contributed by atoms with van der Waals surface area (Å²) in [5.74, 6) is 0.150. The maximum atomic E-state index is 11.9. The maximum absolute atomic E-state index is 11.9. The summed E-state index contributed by atoms with van der Waals surface area (Å²) in [7, 11) is 0. The summed E-state index contributed by atoms with van der Waals surface area (Å²) in [6, 6.07) is 14.0. The number of hydrogen-bond acceptors (Lipinski definition) is 8. The summed E-state index contributed by atoms with van der Waals surface area (Å²) in [5.41, 5.74) is 2.72. The number of nitrogens with zero attached hydrogens (tertiary/aromatic N) is 2. The summed E-state index contributed by atoms with van der Waals surface area (Å²) in [5, 5.41) is 0. The van der Waals surface area contributed by atoms with Gasteiger partial charge in [-0.05, 0) is 71.8 Å². The molecule has 0 unspecified atom stereocenters. The van der Waals surface area contributed by atoms with Gasteiger partial charge in [-0.1, -0.05) is 0 Å². The molecule has 0 bridgehead atoms. The monoisotopic (exact) mass is 456 g/mol. The van der Waals surface area contributed by atoms with Crippen LogP contribution in [0, 0.1) is 0 Å². The van der Waals surface area contributed by atoms with E-state index in [-0.39, 0.29) is 13.2 Å². The molecule has 8 nitrogen and oxygen atoms in total. The maximum Gasteiger partial charge on any atom is 0.331 e. The third-order valence-electron chi connectivity index (χ3n) is 4.53. The van der Waals surface area contributed by atoms with E-state index in [4.69, 9.17) is 18.3 Å². The number of aromatic nitrogens is 2. The van der Waals surface area contributed by atoms with Gasteiger partial charge in [-0.15, -0.1) is 0 Å². The van der Waals surface area contributed by atoms with Crippen molar-refractivity contribution in [1.82, 2.24) is 9.97 Å². The molecule has 170 valence electrons. The lowest BCUT2D eigenvalue weighted by Crippen LogP contribution is -2.02. The first-order chi connectivity index (χ1) is 16.7. The molecule has 0 saturated carbocycles. The van der Waals surface area contributed by atoms with Crippen molar-refractivity contribution in [3.63, 3.8) is 0 Å². The van der Waals surface area contributed by atoms with Crippen LogP contribution in [-0.4, -0.2) is 21.9 Å². The summed E-state index contributed by atoms with van der Waals surface area (Å²) in [6.07, 6.45) is 12.0. The van der Waals surface area contributed by atoms with Gasteiger partial charge in [0.2, 0.25) is 0 Å². The smallest absolute Gasteiger partial charge is 0.331 e. The quantitative estimate of drug-likeness (QED) is 0.260. The normalized spacial score (nSPS) is 11.2. The lowest BCUT2D eigenvalue weighted by atomic mass is 10.1. The second-order valence-electron chi connectivity index (χ2n) is 7.01. The fourth-order valence-corrected chi connectivity index (χ4v) is 2.89. The van der Waals surface area contributed by atoms with Crippen molar-refractivity contribution in [2.45, 2.75) is 13.2 Å². The second kappa shape index (κ2) is 11.2. The Hall–Kier alpha value is -4.72. The van der Waals surface area contributed by atoms with Crippen molar-refractivity contribution >= 4 is 24.1 Å². The second-order valence-corrected chi connectivity index (χ2v) is 7.01. The van der Waals surface area contributed by atoms with Crippen LogP contribution >= 0.6 is 0 Å². The van der Waals surface area contributed by atoms with E-state index in [1.807, 2.05) is 0 Å². The van der Waals surface area contributed by atoms with E-state index >= 15 is 0 Å². The molecule has 4 rings (SSSR count). The number of carbonyl (C=O) groups is 2. The number of hydrogen-bond donors (Lipinski definition) is 0. The Balaban J connectivity index is 1.33. The summed E-state index contributed by atoms with van der Waals surface area (Å²) in [6.45, 7) is 0.159. The first kappa shape index (κ1) is 22.5. The molecule has 0 spiro atoms. The molecular weight excluding hydrogens is 436 g/mol. The zero-order chi connectivity index (χ0) is 23.6. The van der Waals surface area contributed by atoms with Gasteiger partial charge in [0.15, 0.2) is 0 Å². The molecule has 0 aliphatic rings. The molecule has 0 aliphatic heterocycles. The molecule has 0 fully saturated rings. The Morgan fingerprint density at radius 1 is 0.735 bits per heavy atom. The predicted molar refractivity (Wildman–Crippen MR) is 123 cm³/mol. The Kier molecular flexibility index (Phi) is 7.43. The molecule has 0 atom stereocenters. The lowest BCUT2D eigenvalue weighted by molar-refractivity contribution is -0.139. The molecule has 0 aromatic carbocycles. The minimum absolute atomic E-state index is 0.0795. The van der Waals surface area contributed by atoms with Gasteiger partial charge in [0, 0.05) is 24.5 Å². The molecule has 34 heavy (non-hydrogen) atoms. The number of esters is 2. The minimum atomic E-state index is -0.488. The van der Waals surface area contributed by atoms with Gasteiger partial charge in [-0.3, -0.25) is 9.97 Å². The van der Waals surface area contributed by atoms with Gasteiger partial charge in [0.1, 0.15) is 24.7 Å². The number of carbonyl (C=O) groups excluding carboxylic acids is 2. The highest BCUT2D eigenvalue weighted by atomic mass is 16.5. The van der Waals surface area contributed by atoms with E-state index in [1.54, 1.807) is 60.9 Å². The first-order valence-electron chi connectivity index (χ1n) is 10.3. The lowest BCUT2D eigenvalue weighted by Gasteiger charge is -2.07. The standard InChI is InChI=1S/C26H20N2O6/c29-25(7-5-21-3-1-13-31-21)33-17-19-9-11-27-23(15-19)24-16-20(10-12-28-24)18-34-26(30)8-6-22-4-2-14-32-22/h1-16H,17-18H2/b7-5+,8-6+. The molecule has 0 amide bonds. The largest absolute Gasteiger partial charge is 0.465 e. The fourth-order valence-electron chi connectivity index (χ4n) is 2.89. The van der Waals surface area contributed by atoms with Crippen LogP contribution in [0.1, 0.15) is 22.6 Å². The van der Waals surface area contributed by atoms with E-state index in [1.165, 1.54) is 36.8 Å². The van der Waals surface area contributed by atoms with Gasteiger partial charge < -0.3 is 18.3 Å². The van der Waals surface area contributed by atoms with Crippen LogP contribution in [0.15, 0.2) is 94.4 Å². The average Bonchev–Trinajstić information content (AvgIpc) is 3.59. The van der Waals surface area contributed by atoms with Gasteiger partial charge in [-0.2, -0.15) is 0 Å². The van der Waals surface area contributed by atoms with Crippen molar-refractivity contribution in [3.8, 4) is 11.4 Å². The number of pyridine rings is 2. The SMILES string of the molecule is O=C(/C=C/c1ccco1)OCc1ccnc(-c2cc(COC(=O)/C=C/c3ccco3)ccn2)c1. The average molecular weight is 456 g/mol. The summed E-state index contributed by atoms with van der Waals surface area (Å²) in [4.78, 5) is 32.5. The van der Waals surface area contributed by atoms with Crippen LogP contribution in [0.4, 0.5) is 0 Å². The van der Waals surface area contributed by atoms with Gasteiger partial charge in [0.25, 0.3) is 0 Å². The van der Waals surface area contributed by atoms with Crippen LogP contribution in [0.3, 0.4) is 0 Å². The fraction of sp³-hybridized carbons (Fsp3) is 0.0769. The molecule has 4 aromatic rings. The van der Waals surface area contributed by atoms with Crippen molar-refractivity contribution in [1.29, 1.82) is 0 Å². The van der Waals surface area contributed by atoms with E-state index in [0.29, 0.717) is 22.9 Å². The highest BCUT2D eigenvalue weighted by molar-refractivity contribution is 5.87. The van der Waals surface area contributed by atoms with Crippen LogP contribution in [0.5, 0.6) is 0 Å². The molecule has 4 aromatic heterocycles. The number of furan rings is 2. The molecule has 0 radical (unpaired) electrons. The summed E-state index contributed by atoms with van der Waals surface area (Å²) >= 11 is 0. The van der Waals surface area contributed by atoms with Crippen molar-refractivity contribution in [3.05, 3.63) is 108 Å². The highest BCUT2D eigenvalue weighted by Crippen LogP contribution is 2.18. The van der Waals surface area contributed by atoms with Gasteiger partial charge >= 0.3 is 11.9 Å². The van der Waals surface area contributed by atoms with E-state index in [9.17, 15) is 9.59 Å². The predicted octanol–water partition coefficient (Wildman–Crippen LogP) is 4.84. The molecular formula is C26H20N2O6. The third kappa shape index (κ3) is 6.64. The Morgan fingerprint density at radius 3 is 1.62 bits per heavy atom. The van der Waals surface area contributed by atoms with Crippen LogP contribution in [0.25, 0.3) is 23.5 Å².